The number of morpholine rings is 1. The van der Waals surface area contributed by atoms with Gasteiger partial charge in [0, 0.05) is 25.2 Å². The number of fused-ring (bicyclic) bond motifs is 1. The van der Waals surface area contributed by atoms with E-state index < -0.39 is 16.1 Å². The van der Waals surface area contributed by atoms with Crippen molar-refractivity contribution in [2.45, 2.75) is 30.8 Å². The zero-order chi connectivity index (χ0) is 22.0. The SMILES string of the molecule is Cc1ccc(C(CNC(=O)[C@H](C)N=C2NS(=O)(=O)c3ccccc32)N2CCOCC2)o1. The van der Waals surface area contributed by atoms with Crippen molar-refractivity contribution in [3.8, 4) is 0 Å². The summed E-state index contributed by atoms with van der Waals surface area (Å²) >= 11 is 0. The van der Waals surface area contributed by atoms with Crippen LogP contribution in [0.3, 0.4) is 0 Å². The van der Waals surface area contributed by atoms with Crippen molar-refractivity contribution in [2.75, 3.05) is 32.8 Å². The number of aliphatic imine (C=N–C) groups is 1. The van der Waals surface area contributed by atoms with Crippen LogP contribution in [0.2, 0.25) is 0 Å². The Morgan fingerprint density at radius 2 is 1.97 bits per heavy atom. The minimum Gasteiger partial charge on any atom is -0.465 e. The van der Waals surface area contributed by atoms with E-state index in [1.165, 1.54) is 6.07 Å². The first kappa shape index (κ1) is 21.5. The molecule has 0 spiro atoms. The zero-order valence-corrected chi connectivity index (χ0v) is 18.3. The maximum absolute atomic E-state index is 12.8. The first-order chi connectivity index (χ1) is 14.8. The number of carbonyl (C=O) groups is 1. The van der Waals surface area contributed by atoms with Gasteiger partial charge >= 0.3 is 0 Å². The Morgan fingerprint density at radius 1 is 1.23 bits per heavy atom. The minimum absolute atomic E-state index is 0.118. The van der Waals surface area contributed by atoms with Gasteiger partial charge in [0.25, 0.3) is 10.0 Å². The molecule has 1 fully saturated rings. The molecule has 0 bridgehead atoms. The number of amides is 1. The number of nitrogens with zero attached hydrogens (tertiary/aromatic N) is 2. The molecule has 1 amide bonds. The molecule has 2 N–H and O–H groups in total. The first-order valence-corrected chi connectivity index (χ1v) is 11.7. The van der Waals surface area contributed by atoms with Gasteiger partial charge in [-0.3, -0.25) is 19.4 Å². The van der Waals surface area contributed by atoms with E-state index in [9.17, 15) is 13.2 Å². The van der Waals surface area contributed by atoms with Gasteiger partial charge in [-0.15, -0.1) is 0 Å². The molecule has 4 rings (SSSR count). The normalized spacial score (nSPS) is 21.3. The number of benzene rings is 1. The quantitative estimate of drug-likeness (QED) is 0.690. The van der Waals surface area contributed by atoms with Crippen molar-refractivity contribution in [3.05, 3.63) is 53.5 Å². The Morgan fingerprint density at radius 3 is 2.68 bits per heavy atom. The Kier molecular flexibility index (Phi) is 6.12. The molecular formula is C21H26N4O5S. The lowest BCUT2D eigenvalue weighted by atomic mass is 10.1. The molecule has 2 aromatic rings. The fourth-order valence-corrected chi connectivity index (χ4v) is 5.00. The summed E-state index contributed by atoms with van der Waals surface area (Å²) < 4.78 is 38.2. The largest absolute Gasteiger partial charge is 0.465 e. The number of nitrogens with one attached hydrogen (secondary N) is 2. The fraction of sp³-hybridized carbons (Fsp3) is 0.429. The summed E-state index contributed by atoms with van der Waals surface area (Å²) in [7, 11) is -3.64. The van der Waals surface area contributed by atoms with Crippen molar-refractivity contribution < 1.29 is 22.4 Å². The van der Waals surface area contributed by atoms with Crippen LogP contribution in [-0.2, 0) is 19.6 Å². The van der Waals surface area contributed by atoms with E-state index in [2.05, 4.69) is 19.9 Å². The summed E-state index contributed by atoms with van der Waals surface area (Å²) in [6, 6.07) is 9.52. The summed E-state index contributed by atoms with van der Waals surface area (Å²) in [6.45, 7) is 6.63. The molecule has 9 nitrogen and oxygen atoms in total. The van der Waals surface area contributed by atoms with Crippen LogP contribution in [0.25, 0.3) is 0 Å². The molecule has 3 heterocycles. The number of amidine groups is 1. The van der Waals surface area contributed by atoms with Crippen LogP contribution in [0.15, 0.2) is 50.7 Å². The van der Waals surface area contributed by atoms with Gasteiger partial charge in [-0.25, -0.2) is 8.42 Å². The Balaban J connectivity index is 1.46. The van der Waals surface area contributed by atoms with Gasteiger partial charge in [0.1, 0.15) is 23.4 Å². The van der Waals surface area contributed by atoms with Gasteiger partial charge in [-0.1, -0.05) is 12.1 Å². The highest BCUT2D eigenvalue weighted by molar-refractivity contribution is 7.90. The molecule has 1 saturated heterocycles. The third kappa shape index (κ3) is 4.65. The highest BCUT2D eigenvalue weighted by Crippen LogP contribution is 2.24. The Labute approximate surface area is 181 Å². The molecule has 166 valence electrons. The van der Waals surface area contributed by atoms with Crippen molar-refractivity contribution in [2.24, 2.45) is 4.99 Å². The van der Waals surface area contributed by atoms with Gasteiger partial charge in [0.15, 0.2) is 0 Å². The van der Waals surface area contributed by atoms with Crippen molar-refractivity contribution in [1.82, 2.24) is 14.9 Å². The number of carbonyl (C=O) groups excluding carboxylic acids is 1. The van der Waals surface area contributed by atoms with Gasteiger partial charge in [0.2, 0.25) is 5.91 Å². The molecule has 2 aliphatic heterocycles. The lowest BCUT2D eigenvalue weighted by molar-refractivity contribution is -0.122. The molecule has 1 unspecified atom stereocenters. The van der Waals surface area contributed by atoms with Crippen LogP contribution >= 0.6 is 0 Å². The molecule has 31 heavy (non-hydrogen) atoms. The smallest absolute Gasteiger partial charge is 0.263 e. The predicted molar refractivity (Wildman–Crippen MR) is 114 cm³/mol. The molecule has 1 aromatic carbocycles. The Hall–Kier alpha value is -2.69. The van der Waals surface area contributed by atoms with E-state index in [1.54, 1.807) is 25.1 Å². The lowest BCUT2D eigenvalue weighted by Crippen LogP contribution is -2.45. The van der Waals surface area contributed by atoms with Crippen LogP contribution in [0.1, 0.15) is 30.0 Å². The maximum Gasteiger partial charge on any atom is 0.263 e. The van der Waals surface area contributed by atoms with E-state index in [4.69, 9.17) is 9.15 Å². The van der Waals surface area contributed by atoms with Gasteiger partial charge in [-0.2, -0.15) is 0 Å². The topological polar surface area (TPSA) is 113 Å². The zero-order valence-electron chi connectivity index (χ0n) is 17.5. The number of aryl methyl sites for hydroxylation is 1. The summed E-state index contributed by atoms with van der Waals surface area (Å²) in [5.74, 6) is 1.49. The van der Waals surface area contributed by atoms with Crippen LogP contribution in [-0.4, -0.2) is 64.0 Å². The van der Waals surface area contributed by atoms with Crippen molar-refractivity contribution in [3.63, 3.8) is 0 Å². The molecular weight excluding hydrogens is 420 g/mol. The van der Waals surface area contributed by atoms with Gasteiger partial charge in [-0.05, 0) is 38.1 Å². The second-order valence-corrected chi connectivity index (χ2v) is 9.26. The monoisotopic (exact) mass is 446 g/mol. The molecule has 10 heteroatoms. The highest BCUT2D eigenvalue weighted by atomic mass is 32.2. The van der Waals surface area contributed by atoms with Crippen LogP contribution in [0, 0.1) is 6.92 Å². The van der Waals surface area contributed by atoms with E-state index in [0.29, 0.717) is 25.3 Å². The van der Waals surface area contributed by atoms with E-state index >= 15 is 0 Å². The van der Waals surface area contributed by atoms with Crippen molar-refractivity contribution >= 4 is 21.8 Å². The second kappa shape index (κ2) is 8.81. The third-order valence-electron chi connectivity index (χ3n) is 5.41. The number of furan rings is 1. The lowest BCUT2D eigenvalue weighted by Gasteiger charge is -2.33. The molecule has 2 atom stereocenters. The number of rotatable bonds is 6. The van der Waals surface area contributed by atoms with Gasteiger partial charge in [0.05, 0.1) is 24.2 Å². The van der Waals surface area contributed by atoms with E-state index in [-0.39, 0.29) is 22.7 Å². The Bertz CT molecular complexity index is 1090. The average molecular weight is 447 g/mol. The molecule has 2 aliphatic rings. The maximum atomic E-state index is 12.8. The third-order valence-corrected chi connectivity index (χ3v) is 6.81. The fourth-order valence-electron chi connectivity index (χ4n) is 3.76. The second-order valence-electron chi connectivity index (χ2n) is 7.61. The molecule has 0 radical (unpaired) electrons. The van der Waals surface area contributed by atoms with E-state index in [1.807, 2.05) is 19.1 Å². The number of ether oxygens (including phenoxy) is 1. The van der Waals surface area contributed by atoms with E-state index in [0.717, 1.165) is 24.6 Å². The first-order valence-electron chi connectivity index (χ1n) is 10.2. The standard InChI is InChI=1S/C21H26N4O5S/c1-14-7-8-18(30-14)17(25-9-11-29-12-10-25)13-22-21(26)15(2)23-20-16-5-3-4-6-19(16)31(27,28)24-20/h3-8,15,17H,9-13H2,1-2H3,(H,22,26)(H,23,24)/t15-,17?/m0/s1. The highest BCUT2D eigenvalue weighted by Gasteiger charge is 2.31. The van der Waals surface area contributed by atoms with Crippen LogP contribution in [0.5, 0.6) is 0 Å². The average Bonchev–Trinajstić information content (AvgIpc) is 3.30. The number of sulfonamides is 1. The van der Waals surface area contributed by atoms with Gasteiger partial charge < -0.3 is 14.5 Å². The van der Waals surface area contributed by atoms with Crippen LogP contribution in [0.4, 0.5) is 0 Å². The summed E-state index contributed by atoms with van der Waals surface area (Å²) in [5, 5.41) is 2.94. The summed E-state index contributed by atoms with van der Waals surface area (Å²) in [5.41, 5.74) is 0.472. The number of hydrogen-bond acceptors (Lipinski definition) is 7. The summed E-state index contributed by atoms with van der Waals surface area (Å²) in [4.78, 5) is 19.5. The molecule has 1 aromatic heterocycles. The van der Waals surface area contributed by atoms with Crippen LogP contribution < -0.4 is 10.0 Å². The minimum atomic E-state index is -3.64. The van der Waals surface area contributed by atoms with Crippen molar-refractivity contribution in [1.29, 1.82) is 0 Å². The number of hydrogen-bond donors (Lipinski definition) is 2. The summed E-state index contributed by atoms with van der Waals surface area (Å²) in [6.07, 6.45) is 0. The molecule has 0 aliphatic carbocycles. The molecule has 0 saturated carbocycles. The predicted octanol–water partition coefficient (Wildman–Crippen LogP) is 1.20.